The van der Waals surface area contributed by atoms with Crippen molar-refractivity contribution in [2.24, 2.45) is 10.7 Å². The van der Waals surface area contributed by atoms with Crippen LogP contribution in [0.5, 0.6) is 5.75 Å². The van der Waals surface area contributed by atoms with Gasteiger partial charge in [-0.25, -0.2) is 13.4 Å². The summed E-state index contributed by atoms with van der Waals surface area (Å²) in [6.45, 7) is 6.56. The van der Waals surface area contributed by atoms with Crippen LogP contribution in [0, 0.1) is 0 Å². The maximum atomic E-state index is 12.4. The molecule has 2 saturated heterocycles. The van der Waals surface area contributed by atoms with Crippen LogP contribution in [0.1, 0.15) is 24.1 Å². The molecule has 0 radical (unpaired) electrons. The number of aliphatic imine (C=N–C) groups is 1. The highest BCUT2D eigenvalue weighted by atomic mass is 32.2. The lowest BCUT2D eigenvalue weighted by Crippen LogP contribution is -2.52. The molecule has 1 atom stereocenters. The van der Waals surface area contributed by atoms with E-state index < -0.39 is 15.6 Å². The molecule has 4 heterocycles. The molecule has 0 saturated carbocycles. The van der Waals surface area contributed by atoms with Gasteiger partial charge in [0.15, 0.2) is 15.7 Å². The van der Waals surface area contributed by atoms with E-state index in [1.807, 2.05) is 18.2 Å². The van der Waals surface area contributed by atoms with Crippen LogP contribution in [0.2, 0.25) is 0 Å². The van der Waals surface area contributed by atoms with Gasteiger partial charge in [-0.1, -0.05) is 12.1 Å². The van der Waals surface area contributed by atoms with Gasteiger partial charge in [0, 0.05) is 69.5 Å². The molecular formula is C30H40N8O3S. The van der Waals surface area contributed by atoms with E-state index in [-0.39, 0.29) is 4.90 Å². The van der Waals surface area contributed by atoms with Crippen molar-refractivity contribution in [2.75, 3.05) is 75.2 Å². The fourth-order valence-electron chi connectivity index (χ4n) is 6.24. The average molecular weight is 593 g/mol. The van der Waals surface area contributed by atoms with Crippen LogP contribution in [0.25, 0.3) is 0 Å². The quantitative estimate of drug-likeness (QED) is 0.341. The number of hydrogen-bond acceptors (Lipinski definition) is 10. The van der Waals surface area contributed by atoms with Gasteiger partial charge in [-0.15, -0.1) is 0 Å². The summed E-state index contributed by atoms with van der Waals surface area (Å²) >= 11 is 0. The number of likely N-dealkylation sites (N-methyl/N-ethyl adjacent to an activating group) is 1. The molecule has 6 rings (SSSR count). The summed E-state index contributed by atoms with van der Waals surface area (Å²) in [4.78, 5) is 15.7. The van der Waals surface area contributed by atoms with E-state index in [0.29, 0.717) is 34.6 Å². The van der Waals surface area contributed by atoms with Gasteiger partial charge in [0.2, 0.25) is 5.79 Å². The van der Waals surface area contributed by atoms with E-state index in [0.717, 1.165) is 63.5 Å². The molecule has 0 aliphatic carbocycles. The van der Waals surface area contributed by atoms with Crippen molar-refractivity contribution >= 4 is 32.7 Å². The molecule has 224 valence electrons. The van der Waals surface area contributed by atoms with Gasteiger partial charge in [0.05, 0.1) is 28.9 Å². The van der Waals surface area contributed by atoms with Crippen LogP contribution in [0.4, 0.5) is 17.1 Å². The van der Waals surface area contributed by atoms with E-state index in [9.17, 15) is 8.42 Å². The average Bonchev–Trinajstić information content (AvgIpc) is 3.45. The maximum Gasteiger partial charge on any atom is 0.215 e. The number of nitrogens with two attached hydrogens (primary N) is 1. The number of fused-ring (bicyclic) bond motifs is 1. The summed E-state index contributed by atoms with van der Waals surface area (Å²) < 4.78 is 30.8. The number of aromatic nitrogens is 1. The standard InChI is InChI=1S/C30H40N8O3S/c1-36-16-18-38(19-17-36)21-11-14-37(15-12-21)22-8-9-23(26(20-22)41-2)30(31)34-25-10-13-32-28(25)29(35-30)33-24-6-4-5-7-27(24)42(3,39)40/h4-10,13,20-21,32,34H,11-12,14-19,31H2,1-3H3,(H,33,35). The topological polar surface area (TPSA) is 131 Å². The number of piperidine rings is 1. The summed E-state index contributed by atoms with van der Waals surface area (Å²) in [5, 5.41) is 6.57. The van der Waals surface area contributed by atoms with Gasteiger partial charge >= 0.3 is 0 Å². The lowest BCUT2D eigenvalue weighted by Gasteiger charge is -2.42. The van der Waals surface area contributed by atoms with Gasteiger partial charge in [0.25, 0.3) is 0 Å². The number of hydrogen-bond donors (Lipinski definition) is 4. The van der Waals surface area contributed by atoms with Gasteiger partial charge in [-0.3, -0.25) is 10.6 Å². The Morgan fingerprint density at radius 3 is 2.50 bits per heavy atom. The SMILES string of the molecule is COc1cc(N2CCC(N3CCN(C)CC3)CC2)ccc1C1(N)N=C(Nc2ccccc2S(C)(=O)=O)c2[nH]ccc2N1. The highest BCUT2D eigenvalue weighted by molar-refractivity contribution is 7.90. The molecule has 0 spiro atoms. The highest BCUT2D eigenvalue weighted by Crippen LogP contribution is 2.38. The van der Waals surface area contributed by atoms with Gasteiger partial charge in [0.1, 0.15) is 11.4 Å². The molecule has 3 aromatic rings. The van der Waals surface area contributed by atoms with E-state index in [1.165, 1.54) is 6.26 Å². The van der Waals surface area contributed by atoms with E-state index in [1.54, 1.807) is 37.6 Å². The number of methoxy groups -OCH3 is 1. The van der Waals surface area contributed by atoms with E-state index >= 15 is 0 Å². The number of para-hydroxylation sites is 1. The predicted molar refractivity (Wildman–Crippen MR) is 167 cm³/mol. The molecule has 2 fully saturated rings. The Hall–Kier alpha value is -3.58. The molecule has 3 aliphatic heterocycles. The summed E-state index contributed by atoms with van der Waals surface area (Å²) in [6.07, 6.45) is 5.25. The molecule has 1 unspecified atom stereocenters. The lowest BCUT2D eigenvalue weighted by molar-refractivity contribution is 0.0982. The van der Waals surface area contributed by atoms with Crippen molar-refractivity contribution in [1.82, 2.24) is 14.8 Å². The largest absolute Gasteiger partial charge is 0.496 e. The van der Waals surface area contributed by atoms with Crippen LogP contribution in [0.15, 0.2) is 64.6 Å². The third-order valence-corrected chi connectivity index (χ3v) is 9.77. The van der Waals surface area contributed by atoms with Crippen LogP contribution < -0.4 is 26.0 Å². The van der Waals surface area contributed by atoms with E-state index in [2.05, 4.69) is 43.4 Å². The zero-order valence-electron chi connectivity index (χ0n) is 24.4. The monoisotopic (exact) mass is 592 g/mol. The maximum absolute atomic E-state index is 12.4. The molecule has 3 aliphatic rings. The van der Waals surface area contributed by atoms with Crippen LogP contribution in [-0.2, 0) is 15.6 Å². The first-order valence-electron chi connectivity index (χ1n) is 14.4. The summed E-state index contributed by atoms with van der Waals surface area (Å²) in [5.41, 5.74) is 10.6. The Kier molecular flexibility index (Phi) is 7.64. The van der Waals surface area contributed by atoms with Crippen LogP contribution >= 0.6 is 0 Å². The van der Waals surface area contributed by atoms with Crippen LogP contribution in [0.3, 0.4) is 0 Å². The Morgan fingerprint density at radius 2 is 1.79 bits per heavy atom. The number of ether oxygens (including phenoxy) is 1. The first kappa shape index (κ1) is 28.5. The minimum Gasteiger partial charge on any atom is -0.496 e. The Morgan fingerprint density at radius 1 is 1.05 bits per heavy atom. The number of anilines is 3. The zero-order chi connectivity index (χ0) is 29.5. The Balaban J connectivity index is 1.25. The first-order valence-corrected chi connectivity index (χ1v) is 16.3. The number of piperazine rings is 1. The first-order chi connectivity index (χ1) is 20.1. The number of sulfone groups is 1. The predicted octanol–water partition coefficient (Wildman–Crippen LogP) is 2.70. The van der Waals surface area contributed by atoms with Gasteiger partial charge in [-0.2, -0.15) is 0 Å². The van der Waals surface area contributed by atoms with Crippen molar-refractivity contribution in [1.29, 1.82) is 0 Å². The number of benzene rings is 2. The molecule has 5 N–H and O–H groups in total. The number of H-pyrrole nitrogens is 1. The fraction of sp³-hybridized carbons (Fsp3) is 0.433. The molecule has 42 heavy (non-hydrogen) atoms. The number of rotatable bonds is 6. The van der Waals surface area contributed by atoms with E-state index in [4.69, 9.17) is 15.5 Å². The Labute approximate surface area is 247 Å². The minimum absolute atomic E-state index is 0.181. The molecule has 0 amide bonds. The summed E-state index contributed by atoms with van der Waals surface area (Å²) in [6, 6.07) is 15.4. The number of nitrogens with one attached hydrogen (secondary N) is 3. The molecule has 12 heteroatoms. The summed E-state index contributed by atoms with van der Waals surface area (Å²) in [5.74, 6) is -0.317. The molecule has 2 aromatic carbocycles. The molecular weight excluding hydrogens is 552 g/mol. The second kappa shape index (κ2) is 11.3. The molecule has 1 aromatic heterocycles. The highest BCUT2D eigenvalue weighted by Gasteiger charge is 2.37. The van der Waals surface area contributed by atoms with Crippen molar-refractivity contribution in [3.05, 3.63) is 66.0 Å². The van der Waals surface area contributed by atoms with Crippen molar-refractivity contribution in [2.45, 2.75) is 29.6 Å². The fourth-order valence-corrected chi connectivity index (χ4v) is 7.09. The number of aromatic amines is 1. The zero-order valence-corrected chi connectivity index (χ0v) is 25.2. The van der Waals surface area contributed by atoms with Crippen molar-refractivity contribution < 1.29 is 13.2 Å². The Bertz CT molecular complexity index is 1570. The summed E-state index contributed by atoms with van der Waals surface area (Å²) in [7, 11) is 0.366. The molecule has 0 bridgehead atoms. The number of nitrogens with zero attached hydrogens (tertiary/aromatic N) is 4. The van der Waals surface area contributed by atoms with Gasteiger partial charge < -0.3 is 30.2 Å². The van der Waals surface area contributed by atoms with Crippen molar-refractivity contribution in [3.8, 4) is 5.75 Å². The lowest BCUT2D eigenvalue weighted by atomic mass is 10.00. The van der Waals surface area contributed by atoms with Gasteiger partial charge in [-0.05, 0) is 50.2 Å². The van der Waals surface area contributed by atoms with Crippen molar-refractivity contribution in [3.63, 3.8) is 0 Å². The second-order valence-corrected chi connectivity index (χ2v) is 13.4. The third kappa shape index (κ3) is 5.59. The third-order valence-electron chi connectivity index (χ3n) is 8.62. The van der Waals surface area contributed by atoms with Crippen LogP contribution in [-0.4, -0.2) is 94.8 Å². The smallest absolute Gasteiger partial charge is 0.215 e. The normalized spacial score (nSPS) is 22.3. The number of amidine groups is 1. The second-order valence-electron chi connectivity index (χ2n) is 11.5. The molecule has 11 nitrogen and oxygen atoms in total. The minimum atomic E-state index is -3.47.